The first-order valence-corrected chi connectivity index (χ1v) is 8.53. The quantitative estimate of drug-likeness (QED) is 0.486. The van der Waals surface area contributed by atoms with E-state index in [1.807, 2.05) is 54.6 Å². The Morgan fingerprint density at radius 2 is 1.81 bits per heavy atom. The van der Waals surface area contributed by atoms with E-state index >= 15 is 0 Å². The maximum absolute atomic E-state index is 13.3. The van der Waals surface area contributed by atoms with Gasteiger partial charge in [0, 0.05) is 11.1 Å². The summed E-state index contributed by atoms with van der Waals surface area (Å²) < 4.78 is 5.68. The lowest BCUT2D eigenvalue weighted by Gasteiger charge is -2.23. The highest BCUT2D eigenvalue weighted by molar-refractivity contribution is 6.15. The number of hydrogen-bond acceptors (Lipinski definition) is 5. The minimum Gasteiger partial charge on any atom is -0.423 e. The van der Waals surface area contributed by atoms with Gasteiger partial charge in [0.15, 0.2) is 17.0 Å². The van der Waals surface area contributed by atoms with Crippen LogP contribution in [-0.4, -0.2) is 21.1 Å². The SMILES string of the molecule is Nc1nc2c(o1)-c1ccccc1[C@@]21C(=O)Nc2n[nH]c(-c3ccccc3)c21. The molecule has 0 unspecified atom stereocenters. The third-order valence-corrected chi connectivity index (χ3v) is 5.35. The van der Waals surface area contributed by atoms with Gasteiger partial charge in [-0.05, 0) is 11.1 Å². The predicted octanol–water partition coefficient (Wildman–Crippen LogP) is 2.91. The van der Waals surface area contributed by atoms with Crippen molar-refractivity contribution < 1.29 is 9.21 Å². The summed E-state index contributed by atoms with van der Waals surface area (Å²) in [6.45, 7) is 0. The number of aromatic amines is 1. The Balaban J connectivity index is 1.75. The second-order valence-corrected chi connectivity index (χ2v) is 6.67. The normalized spacial score (nSPS) is 19.0. The van der Waals surface area contributed by atoms with E-state index in [-0.39, 0.29) is 11.9 Å². The molecule has 1 spiro atoms. The maximum atomic E-state index is 13.3. The number of fused-ring (bicyclic) bond motifs is 7. The lowest BCUT2D eigenvalue weighted by Crippen LogP contribution is -2.36. The van der Waals surface area contributed by atoms with Crippen molar-refractivity contribution in [2.24, 2.45) is 0 Å². The van der Waals surface area contributed by atoms with Crippen LogP contribution in [0.25, 0.3) is 22.6 Å². The molecule has 1 aliphatic carbocycles. The van der Waals surface area contributed by atoms with E-state index < -0.39 is 5.41 Å². The van der Waals surface area contributed by atoms with Crippen molar-refractivity contribution in [1.29, 1.82) is 0 Å². The van der Waals surface area contributed by atoms with Crippen molar-refractivity contribution in [2.75, 3.05) is 11.1 Å². The first kappa shape index (κ1) is 14.3. The first-order valence-electron chi connectivity index (χ1n) is 8.53. The highest BCUT2D eigenvalue weighted by Crippen LogP contribution is 2.58. The highest BCUT2D eigenvalue weighted by Gasteiger charge is 2.60. The second kappa shape index (κ2) is 4.64. The standard InChI is InChI=1S/C20H13N5O2/c21-19-22-16-15(27-19)11-8-4-5-9-12(11)20(16)13-14(10-6-2-1-3-7-10)24-25-17(13)23-18(20)26/h1-9H,(H2,21,22)(H2,23,24,25,26)/t20-/m0/s1. The number of oxazole rings is 1. The van der Waals surface area contributed by atoms with Crippen molar-refractivity contribution >= 4 is 17.7 Å². The monoisotopic (exact) mass is 355 g/mol. The number of H-pyrrole nitrogens is 1. The summed E-state index contributed by atoms with van der Waals surface area (Å²) in [6.07, 6.45) is 0. The van der Waals surface area contributed by atoms with E-state index in [9.17, 15) is 4.79 Å². The second-order valence-electron chi connectivity index (χ2n) is 6.67. The fraction of sp³-hybridized carbons (Fsp3) is 0.0500. The van der Waals surface area contributed by atoms with Gasteiger partial charge in [0.25, 0.3) is 6.01 Å². The Labute approximate surface area is 153 Å². The molecule has 7 nitrogen and oxygen atoms in total. The molecule has 2 aliphatic rings. The van der Waals surface area contributed by atoms with E-state index in [1.165, 1.54) is 0 Å². The fourth-order valence-electron chi connectivity index (χ4n) is 4.32. The molecular formula is C20H13N5O2. The fourth-order valence-corrected chi connectivity index (χ4v) is 4.32. The van der Waals surface area contributed by atoms with E-state index in [2.05, 4.69) is 20.5 Å². The molecule has 3 heterocycles. The van der Waals surface area contributed by atoms with Gasteiger partial charge in [-0.1, -0.05) is 54.6 Å². The van der Waals surface area contributed by atoms with Gasteiger partial charge < -0.3 is 15.5 Å². The van der Waals surface area contributed by atoms with Crippen LogP contribution in [0.4, 0.5) is 11.8 Å². The van der Waals surface area contributed by atoms with Gasteiger partial charge in [-0.25, -0.2) is 0 Å². The zero-order valence-electron chi connectivity index (χ0n) is 14.0. The smallest absolute Gasteiger partial charge is 0.292 e. The number of rotatable bonds is 1. The van der Waals surface area contributed by atoms with Crippen LogP contribution >= 0.6 is 0 Å². The lowest BCUT2D eigenvalue weighted by molar-refractivity contribution is -0.118. The van der Waals surface area contributed by atoms with Crippen LogP contribution in [0.3, 0.4) is 0 Å². The lowest BCUT2D eigenvalue weighted by atomic mass is 9.75. The summed E-state index contributed by atoms with van der Waals surface area (Å²) >= 11 is 0. The van der Waals surface area contributed by atoms with Gasteiger partial charge in [0.2, 0.25) is 5.91 Å². The zero-order valence-corrected chi connectivity index (χ0v) is 14.0. The van der Waals surface area contributed by atoms with E-state index in [0.29, 0.717) is 17.3 Å². The Morgan fingerprint density at radius 1 is 1.04 bits per heavy atom. The molecule has 0 saturated carbocycles. The minimum atomic E-state index is -1.14. The molecule has 0 bridgehead atoms. The molecule has 27 heavy (non-hydrogen) atoms. The van der Waals surface area contributed by atoms with Crippen molar-refractivity contribution in [3.8, 4) is 22.6 Å². The van der Waals surface area contributed by atoms with Gasteiger partial charge in [-0.2, -0.15) is 10.1 Å². The molecule has 2 aromatic carbocycles. The Bertz CT molecular complexity index is 1240. The molecule has 1 aliphatic heterocycles. The average molecular weight is 355 g/mol. The maximum Gasteiger partial charge on any atom is 0.292 e. The van der Waals surface area contributed by atoms with Crippen molar-refractivity contribution in [3.63, 3.8) is 0 Å². The average Bonchev–Trinajstić information content (AvgIpc) is 3.39. The van der Waals surface area contributed by atoms with Crippen LogP contribution in [0.15, 0.2) is 59.0 Å². The molecular weight excluding hydrogens is 342 g/mol. The van der Waals surface area contributed by atoms with Crippen molar-refractivity contribution in [3.05, 3.63) is 71.4 Å². The van der Waals surface area contributed by atoms with E-state index in [0.717, 1.165) is 27.9 Å². The minimum absolute atomic E-state index is 0.0416. The zero-order chi connectivity index (χ0) is 18.2. The number of amides is 1. The van der Waals surface area contributed by atoms with Crippen molar-refractivity contribution in [1.82, 2.24) is 15.2 Å². The number of carbonyl (C=O) groups excluding carboxylic acids is 1. The van der Waals surface area contributed by atoms with Gasteiger partial charge in [-0.3, -0.25) is 9.89 Å². The molecule has 1 atom stereocenters. The molecule has 6 rings (SSSR count). The van der Waals surface area contributed by atoms with Crippen LogP contribution in [0.1, 0.15) is 16.8 Å². The Morgan fingerprint density at radius 3 is 2.67 bits per heavy atom. The van der Waals surface area contributed by atoms with Crippen LogP contribution < -0.4 is 11.1 Å². The largest absolute Gasteiger partial charge is 0.423 e. The Kier molecular flexibility index (Phi) is 2.46. The number of nitrogens with one attached hydrogen (secondary N) is 2. The van der Waals surface area contributed by atoms with Gasteiger partial charge in [-0.15, -0.1) is 0 Å². The molecule has 0 radical (unpaired) electrons. The third-order valence-electron chi connectivity index (χ3n) is 5.35. The Hall–Kier alpha value is -3.87. The number of nitrogen functional groups attached to an aromatic ring is 1. The van der Waals surface area contributed by atoms with Gasteiger partial charge >= 0.3 is 0 Å². The molecule has 2 aromatic heterocycles. The third kappa shape index (κ3) is 1.55. The van der Waals surface area contributed by atoms with Crippen LogP contribution in [-0.2, 0) is 10.2 Å². The van der Waals surface area contributed by atoms with Crippen LogP contribution in [0.2, 0.25) is 0 Å². The summed E-state index contributed by atoms with van der Waals surface area (Å²) in [5.74, 6) is 0.833. The number of nitrogens with two attached hydrogens (primary N) is 1. The molecule has 0 saturated heterocycles. The molecule has 1 amide bonds. The summed E-state index contributed by atoms with van der Waals surface area (Å²) in [5, 5.41) is 10.3. The summed E-state index contributed by atoms with van der Waals surface area (Å²) in [5.41, 5.74) is 9.32. The van der Waals surface area contributed by atoms with E-state index in [1.54, 1.807) is 0 Å². The molecule has 130 valence electrons. The van der Waals surface area contributed by atoms with E-state index in [4.69, 9.17) is 10.2 Å². The number of anilines is 2. The summed E-state index contributed by atoms with van der Waals surface area (Å²) in [4.78, 5) is 17.8. The van der Waals surface area contributed by atoms with Gasteiger partial charge in [0.05, 0.1) is 5.69 Å². The molecule has 7 heteroatoms. The van der Waals surface area contributed by atoms with Crippen molar-refractivity contribution in [2.45, 2.75) is 5.41 Å². The molecule has 4 aromatic rings. The molecule has 0 fully saturated rings. The topological polar surface area (TPSA) is 110 Å². The predicted molar refractivity (Wildman–Crippen MR) is 98.9 cm³/mol. The number of hydrogen-bond donors (Lipinski definition) is 3. The van der Waals surface area contributed by atoms with Gasteiger partial charge in [0.1, 0.15) is 5.69 Å². The number of aromatic nitrogens is 3. The summed E-state index contributed by atoms with van der Waals surface area (Å²) in [7, 11) is 0. The molecule has 4 N–H and O–H groups in total. The first-order chi connectivity index (χ1) is 13.2. The highest BCUT2D eigenvalue weighted by atomic mass is 16.4. The number of carbonyl (C=O) groups is 1. The summed E-state index contributed by atoms with van der Waals surface area (Å²) in [6, 6.07) is 17.5. The van der Waals surface area contributed by atoms with Crippen LogP contribution in [0, 0.1) is 0 Å². The van der Waals surface area contributed by atoms with Crippen LogP contribution in [0.5, 0.6) is 0 Å². The number of benzene rings is 2. The number of nitrogens with zero attached hydrogens (tertiary/aromatic N) is 2.